The zero-order valence-corrected chi connectivity index (χ0v) is 14.9. The van der Waals surface area contributed by atoms with Crippen molar-refractivity contribution in [2.45, 2.75) is 24.0 Å². The first-order valence-corrected chi connectivity index (χ1v) is 9.33. The Bertz CT molecular complexity index is 975. The molecule has 0 aliphatic heterocycles. The van der Waals surface area contributed by atoms with Crippen LogP contribution >= 0.6 is 11.8 Å². The van der Waals surface area contributed by atoms with Gasteiger partial charge in [-0.1, -0.05) is 11.8 Å². The van der Waals surface area contributed by atoms with Crippen molar-refractivity contribution >= 4 is 23.4 Å². The number of nitrogens with one attached hydrogen (secondary N) is 1. The second-order valence-corrected chi connectivity index (χ2v) is 7.05. The molecule has 6 nitrogen and oxygen atoms in total. The summed E-state index contributed by atoms with van der Waals surface area (Å²) < 4.78 is 28.9. The van der Waals surface area contributed by atoms with Crippen molar-refractivity contribution in [2.75, 3.05) is 11.1 Å². The van der Waals surface area contributed by atoms with Crippen LogP contribution in [0.15, 0.2) is 47.9 Å². The van der Waals surface area contributed by atoms with Crippen molar-refractivity contribution < 1.29 is 13.6 Å². The molecule has 2 heterocycles. The van der Waals surface area contributed by atoms with Gasteiger partial charge >= 0.3 is 0 Å². The summed E-state index contributed by atoms with van der Waals surface area (Å²) in [7, 11) is 0. The van der Waals surface area contributed by atoms with E-state index in [4.69, 9.17) is 0 Å². The molecule has 1 aliphatic carbocycles. The molecule has 1 N–H and O–H groups in total. The highest BCUT2D eigenvalue weighted by atomic mass is 32.2. The average Bonchev–Trinajstić information content (AvgIpc) is 3.43. The van der Waals surface area contributed by atoms with Gasteiger partial charge in [0.15, 0.2) is 11.0 Å². The summed E-state index contributed by atoms with van der Waals surface area (Å²) in [6, 6.07) is 6.96. The molecule has 1 aliphatic rings. The Morgan fingerprint density at radius 3 is 2.85 bits per heavy atom. The molecule has 1 aromatic carbocycles. The minimum Gasteiger partial charge on any atom is -0.323 e. The summed E-state index contributed by atoms with van der Waals surface area (Å²) in [5, 5.41) is 11.4. The van der Waals surface area contributed by atoms with E-state index in [2.05, 4.69) is 20.5 Å². The van der Waals surface area contributed by atoms with Gasteiger partial charge in [-0.2, -0.15) is 0 Å². The second kappa shape index (κ2) is 7.43. The highest BCUT2D eigenvalue weighted by Gasteiger charge is 2.30. The lowest BCUT2D eigenvalue weighted by atomic mass is 10.3. The van der Waals surface area contributed by atoms with Crippen LogP contribution in [0.1, 0.15) is 18.9 Å². The zero-order valence-electron chi connectivity index (χ0n) is 14.1. The Balaban J connectivity index is 1.48. The number of thioether (sulfide) groups is 1. The molecule has 1 saturated carbocycles. The van der Waals surface area contributed by atoms with Crippen molar-refractivity contribution in [2.24, 2.45) is 0 Å². The van der Waals surface area contributed by atoms with Gasteiger partial charge in [-0.15, -0.1) is 10.2 Å². The van der Waals surface area contributed by atoms with E-state index < -0.39 is 17.5 Å². The van der Waals surface area contributed by atoms with Crippen molar-refractivity contribution in [3.8, 4) is 11.4 Å². The lowest BCUT2D eigenvalue weighted by molar-refractivity contribution is -0.113. The number of aromatic nitrogens is 4. The number of rotatable bonds is 6. The van der Waals surface area contributed by atoms with Gasteiger partial charge in [0.2, 0.25) is 5.91 Å². The Labute approximate surface area is 158 Å². The van der Waals surface area contributed by atoms with Gasteiger partial charge in [-0.05, 0) is 37.1 Å². The number of carbonyl (C=O) groups excluding carboxylic acids is 1. The average molecular weight is 387 g/mol. The summed E-state index contributed by atoms with van der Waals surface area (Å²) in [5.74, 6) is -1.03. The van der Waals surface area contributed by atoms with Crippen LogP contribution in [0.25, 0.3) is 11.4 Å². The number of carbonyl (C=O) groups is 1. The third-order valence-corrected chi connectivity index (χ3v) is 4.97. The second-order valence-electron chi connectivity index (χ2n) is 6.11. The minimum absolute atomic E-state index is 0.00778. The van der Waals surface area contributed by atoms with Crippen molar-refractivity contribution in [1.29, 1.82) is 0 Å². The summed E-state index contributed by atoms with van der Waals surface area (Å²) in [6.07, 6.45) is 5.46. The molecule has 0 unspecified atom stereocenters. The van der Waals surface area contributed by atoms with E-state index in [0.29, 0.717) is 17.0 Å². The molecule has 0 saturated heterocycles. The van der Waals surface area contributed by atoms with Crippen LogP contribution in [0.4, 0.5) is 14.5 Å². The molecule has 138 valence electrons. The van der Waals surface area contributed by atoms with Crippen LogP contribution in [0, 0.1) is 11.6 Å². The first-order chi connectivity index (χ1) is 13.1. The van der Waals surface area contributed by atoms with Crippen molar-refractivity contribution in [3.05, 3.63) is 54.4 Å². The number of hydrogen-bond donors (Lipinski definition) is 1. The third-order valence-electron chi connectivity index (χ3n) is 4.03. The number of halogens is 2. The predicted molar refractivity (Wildman–Crippen MR) is 97.2 cm³/mol. The molecule has 1 fully saturated rings. The van der Waals surface area contributed by atoms with Crippen molar-refractivity contribution in [1.82, 2.24) is 19.7 Å². The standard InChI is InChI=1S/C18H15F2N5OS/c19-12-3-6-14(20)15(8-12)22-16(26)10-27-18-24-23-17(25(18)13-4-5-13)11-2-1-7-21-9-11/h1-3,6-9,13H,4-5,10H2,(H,22,26). The van der Waals surface area contributed by atoms with E-state index in [9.17, 15) is 13.6 Å². The van der Waals surface area contributed by atoms with Crippen molar-refractivity contribution in [3.63, 3.8) is 0 Å². The maximum absolute atomic E-state index is 13.6. The lowest BCUT2D eigenvalue weighted by Crippen LogP contribution is -2.15. The SMILES string of the molecule is O=C(CSc1nnc(-c2cccnc2)n1C1CC1)Nc1cc(F)ccc1F. The molecule has 0 spiro atoms. The maximum atomic E-state index is 13.6. The molecule has 0 bridgehead atoms. The van der Waals surface area contributed by atoms with E-state index in [1.54, 1.807) is 12.4 Å². The molecule has 3 aromatic rings. The fourth-order valence-electron chi connectivity index (χ4n) is 2.64. The molecule has 0 radical (unpaired) electrons. The van der Waals surface area contributed by atoms with Gasteiger partial charge in [0, 0.05) is 30.1 Å². The fraction of sp³-hybridized carbons (Fsp3) is 0.222. The Morgan fingerprint density at radius 1 is 1.26 bits per heavy atom. The first-order valence-electron chi connectivity index (χ1n) is 8.35. The molecule has 1 amide bonds. The van der Waals surface area contributed by atoms with Crippen LogP contribution in [0.5, 0.6) is 0 Å². The maximum Gasteiger partial charge on any atom is 0.234 e. The highest BCUT2D eigenvalue weighted by molar-refractivity contribution is 7.99. The summed E-state index contributed by atoms with van der Waals surface area (Å²) >= 11 is 1.21. The summed E-state index contributed by atoms with van der Waals surface area (Å²) in [4.78, 5) is 16.2. The Kier molecular flexibility index (Phi) is 4.85. The van der Waals surface area contributed by atoms with Gasteiger partial charge in [-0.3, -0.25) is 14.3 Å². The van der Waals surface area contributed by atoms with Gasteiger partial charge in [0.25, 0.3) is 0 Å². The molecule has 2 aromatic heterocycles. The monoisotopic (exact) mass is 387 g/mol. The largest absolute Gasteiger partial charge is 0.323 e. The van der Waals surface area contributed by atoms with Crippen LogP contribution in [0.2, 0.25) is 0 Å². The first kappa shape index (κ1) is 17.6. The molecular weight excluding hydrogens is 372 g/mol. The van der Waals surface area contributed by atoms with E-state index in [1.165, 1.54) is 11.8 Å². The molecular formula is C18H15F2N5OS. The van der Waals surface area contributed by atoms with Gasteiger partial charge in [-0.25, -0.2) is 8.78 Å². The third kappa shape index (κ3) is 3.97. The number of benzene rings is 1. The molecule has 4 rings (SSSR count). The number of anilines is 1. The van der Waals surface area contributed by atoms with E-state index in [0.717, 1.165) is 36.6 Å². The molecule has 0 atom stereocenters. The zero-order chi connectivity index (χ0) is 18.8. The van der Waals surface area contributed by atoms with E-state index >= 15 is 0 Å². The minimum atomic E-state index is -0.685. The number of pyridine rings is 1. The summed E-state index contributed by atoms with van der Waals surface area (Å²) in [6.45, 7) is 0. The van der Waals surface area contributed by atoms with E-state index in [1.807, 2.05) is 16.7 Å². The van der Waals surface area contributed by atoms with Crippen LogP contribution in [0.3, 0.4) is 0 Å². The summed E-state index contributed by atoms with van der Waals surface area (Å²) in [5.41, 5.74) is 0.676. The molecule has 27 heavy (non-hydrogen) atoms. The Morgan fingerprint density at radius 2 is 2.11 bits per heavy atom. The smallest absolute Gasteiger partial charge is 0.234 e. The fourth-order valence-corrected chi connectivity index (χ4v) is 3.44. The van der Waals surface area contributed by atoms with Gasteiger partial charge in [0.1, 0.15) is 11.6 Å². The lowest BCUT2D eigenvalue weighted by Gasteiger charge is -2.09. The van der Waals surface area contributed by atoms with Crippen LogP contribution in [-0.2, 0) is 4.79 Å². The topological polar surface area (TPSA) is 72.7 Å². The number of hydrogen-bond acceptors (Lipinski definition) is 5. The highest BCUT2D eigenvalue weighted by Crippen LogP contribution is 2.40. The van der Waals surface area contributed by atoms with E-state index in [-0.39, 0.29) is 11.4 Å². The molecule has 9 heteroatoms. The number of amides is 1. The quantitative estimate of drug-likeness (QED) is 0.653. The Hall–Kier alpha value is -2.81. The van der Waals surface area contributed by atoms with Crippen LogP contribution in [-0.4, -0.2) is 31.4 Å². The predicted octanol–water partition coefficient (Wildman–Crippen LogP) is 3.68. The number of nitrogens with zero attached hydrogens (tertiary/aromatic N) is 4. The van der Waals surface area contributed by atoms with Gasteiger partial charge in [0.05, 0.1) is 11.4 Å². The normalized spacial score (nSPS) is 13.6. The van der Waals surface area contributed by atoms with Gasteiger partial charge < -0.3 is 5.32 Å². The van der Waals surface area contributed by atoms with Crippen LogP contribution < -0.4 is 5.32 Å².